The third-order valence-electron chi connectivity index (χ3n) is 3.12. The van der Waals surface area contributed by atoms with Gasteiger partial charge in [-0.3, -0.25) is 10.5 Å². The van der Waals surface area contributed by atoms with Gasteiger partial charge in [-0.25, -0.2) is 9.18 Å². The van der Waals surface area contributed by atoms with Crippen LogP contribution in [0.4, 0.5) is 4.39 Å². The number of methoxy groups -OCH3 is 1. The lowest BCUT2D eigenvalue weighted by Crippen LogP contribution is -2.36. The Hall–Kier alpha value is -1.68. The smallest absolute Gasteiger partial charge is 0.353 e. The minimum atomic E-state index is -3.84. The fourth-order valence-corrected chi connectivity index (χ4v) is 2.69. The van der Waals surface area contributed by atoms with Crippen molar-refractivity contribution >= 4 is 45.0 Å². The molecule has 2 atom stereocenters. The lowest BCUT2D eigenvalue weighted by Gasteiger charge is -2.24. The highest BCUT2D eigenvalue weighted by Gasteiger charge is 2.32. The number of alkyl halides is 1. The number of benzene rings is 1. The molecule has 0 radical (unpaired) electrons. The summed E-state index contributed by atoms with van der Waals surface area (Å²) in [5.74, 6) is -1.50. The molecule has 1 heterocycles. The number of nitrogens with zero attached hydrogens (tertiary/aromatic N) is 1. The van der Waals surface area contributed by atoms with Gasteiger partial charge in [-0.15, -0.1) is 11.6 Å². The maximum atomic E-state index is 14.2. The molecule has 0 fully saturated rings. The largest absolute Gasteiger partial charge is 0.464 e. The fourth-order valence-electron chi connectivity index (χ4n) is 2.03. The monoisotopic (exact) mass is 410 g/mol. The Morgan fingerprint density at radius 2 is 2.08 bits per heavy atom. The molecule has 1 aliphatic heterocycles. The van der Waals surface area contributed by atoms with E-state index in [4.69, 9.17) is 23.2 Å². The molecule has 2 rings (SSSR count). The van der Waals surface area contributed by atoms with Gasteiger partial charge in [-0.05, 0) is 18.2 Å². The molecule has 0 aliphatic carbocycles. The van der Waals surface area contributed by atoms with Crippen molar-refractivity contribution in [3.63, 3.8) is 0 Å². The van der Waals surface area contributed by atoms with Gasteiger partial charge < -0.3 is 4.74 Å². The van der Waals surface area contributed by atoms with E-state index in [9.17, 15) is 17.6 Å². The molecule has 1 aromatic rings. The Bertz CT molecular complexity index is 857. The van der Waals surface area contributed by atoms with Crippen molar-refractivity contribution in [2.45, 2.75) is 11.4 Å². The van der Waals surface area contributed by atoms with Crippen LogP contribution >= 0.6 is 23.2 Å². The van der Waals surface area contributed by atoms with Crippen LogP contribution in [0.15, 0.2) is 35.0 Å². The second-order valence-corrected chi connectivity index (χ2v) is 7.44. The molecular formula is C14H13Cl2FN2O5S. The lowest BCUT2D eigenvalue weighted by molar-refractivity contribution is -0.132. The molecule has 0 spiro atoms. The number of dihydropyridines is 1. The number of rotatable bonds is 5. The van der Waals surface area contributed by atoms with Crippen LogP contribution in [0, 0.1) is 5.82 Å². The summed E-state index contributed by atoms with van der Waals surface area (Å²) >= 11 is 11.8. The van der Waals surface area contributed by atoms with Gasteiger partial charge in [0.1, 0.15) is 16.9 Å². The van der Waals surface area contributed by atoms with Gasteiger partial charge in [-0.1, -0.05) is 17.7 Å². The highest BCUT2D eigenvalue weighted by molar-refractivity contribution is 7.85. The summed E-state index contributed by atoms with van der Waals surface area (Å²) in [6.07, 6.45) is 2.15. The predicted molar refractivity (Wildman–Crippen MR) is 90.4 cm³/mol. The van der Waals surface area contributed by atoms with Gasteiger partial charge >= 0.3 is 5.97 Å². The van der Waals surface area contributed by atoms with E-state index in [-0.39, 0.29) is 22.0 Å². The maximum absolute atomic E-state index is 14.2. The highest BCUT2D eigenvalue weighted by Crippen LogP contribution is 2.31. The van der Waals surface area contributed by atoms with Crippen molar-refractivity contribution in [3.8, 4) is 0 Å². The number of carbonyl (C=O) groups is 1. The summed E-state index contributed by atoms with van der Waals surface area (Å²) in [4.78, 5) is 16.0. The van der Waals surface area contributed by atoms with E-state index in [1.54, 1.807) is 0 Å². The molecule has 0 aromatic heterocycles. The third kappa shape index (κ3) is 4.91. The van der Waals surface area contributed by atoms with Crippen molar-refractivity contribution in [2.75, 3.05) is 13.4 Å². The number of ether oxygens (including phenoxy) is 1. The molecule has 1 N–H and O–H groups in total. The average molecular weight is 411 g/mol. The predicted octanol–water partition coefficient (Wildman–Crippen LogP) is 2.12. The first-order valence-corrected chi connectivity index (χ1v) is 9.36. The van der Waals surface area contributed by atoms with Crippen LogP contribution in [-0.4, -0.2) is 38.8 Å². The van der Waals surface area contributed by atoms with Crippen LogP contribution in [0.5, 0.6) is 0 Å². The summed E-state index contributed by atoms with van der Waals surface area (Å²) in [6.45, 7) is 0. The Labute approximate surface area is 153 Å². The van der Waals surface area contributed by atoms with Gasteiger partial charge in [-0.2, -0.15) is 12.7 Å². The van der Waals surface area contributed by atoms with E-state index in [0.717, 1.165) is 19.4 Å². The highest BCUT2D eigenvalue weighted by atomic mass is 35.5. The number of esters is 1. The summed E-state index contributed by atoms with van der Waals surface area (Å²) < 4.78 is 45.5. The quantitative estimate of drug-likeness (QED) is 0.453. The molecule has 1 aromatic carbocycles. The zero-order valence-corrected chi connectivity index (χ0v) is 15.3. The van der Waals surface area contributed by atoms with E-state index < -0.39 is 33.3 Å². The third-order valence-corrected chi connectivity index (χ3v) is 4.18. The zero-order chi connectivity index (χ0) is 18.8. The molecule has 0 bridgehead atoms. The first kappa shape index (κ1) is 19.6. The van der Waals surface area contributed by atoms with Crippen molar-refractivity contribution in [1.29, 1.82) is 0 Å². The van der Waals surface area contributed by atoms with E-state index in [0.29, 0.717) is 0 Å². The zero-order valence-electron chi connectivity index (χ0n) is 13.0. The number of hydrogen-bond donors (Lipinski definition) is 1. The van der Waals surface area contributed by atoms with Crippen molar-refractivity contribution in [2.24, 2.45) is 4.99 Å². The summed E-state index contributed by atoms with van der Waals surface area (Å²) in [5, 5.41) is -0.979. The molecule has 11 heteroatoms. The van der Waals surface area contributed by atoms with Crippen LogP contribution in [-0.2, 0) is 23.9 Å². The molecular weight excluding hydrogens is 398 g/mol. The second kappa shape index (κ2) is 7.69. The van der Waals surface area contributed by atoms with Gasteiger partial charge in [0.2, 0.25) is 0 Å². The van der Waals surface area contributed by atoms with Crippen LogP contribution in [0.1, 0.15) is 11.6 Å². The second-order valence-electron chi connectivity index (χ2n) is 4.99. The molecule has 1 aliphatic rings. The van der Waals surface area contributed by atoms with E-state index >= 15 is 0 Å². The summed E-state index contributed by atoms with van der Waals surface area (Å²) in [6, 6.07) is 2.96. The van der Waals surface area contributed by atoms with Gasteiger partial charge in [0.05, 0.1) is 25.1 Å². The molecule has 0 saturated carbocycles. The lowest BCUT2D eigenvalue weighted by atomic mass is 10.0. The SMILES string of the molecule is COC(=O)C1=NC(c2ccc(Cl)cc2F)C=C(NOS(C)(=O)=O)C1Cl. The van der Waals surface area contributed by atoms with Crippen molar-refractivity contribution in [3.05, 3.63) is 46.4 Å². The molecule has 2 unspecified atom stereocenters. The molecule has 7 nitrogen and oxygen atoms in total. The minimum absolute atomic E-state index is 0.00171. The van der Waals surface area contributed by atoms with Gasteiger partial charge in [0, 0.05) is 10.6 Å². The Morgan fingerprint density at radius 1 is 1.40 bits per heavy atom. The van der Waals surface area contributed by atoms with Gasteiger partial charge in [0.15, 0.2) is 0 Å². The standard InChI is InChI=1S/C14H13Cl2FN2O5S/c1-23-14(20)13-12(16)11(19-24-25(2,21)22)6-10(18-13)8-4-3-7(15)5-9(8)17/h3-6,10,12,19H,1-2H3. The number of aliphatic imine (C=N–C) groups is 1. The maximum Gasteiger partial charge on any atom is 0.353 e. The topological polar surface area (TPSA) is 94.1 Å². The number of carbonyl (C=O) groups excluding carboxylic acids is 1. The van der Waals surface area contributed by atoms with Crippen LogP contribution in [0.2, 0.25) is 5.02 Å². The normalized spacial score (nSPS) is 20.5. The molecule has 25 heavy (non-hydrogen) atoms. The first-order valence-electron chi connectivity index (χ1n) is 6.73. The van der Waals surface area contributed by atoms with E-state index in [2.05, 4.69) is 19.5 Å². The first-order chi connectivity index (χ1) is 11.6. The van der Waals surface area contributed by atoms with Crippen LogP contribution in [0.3, 0.4) is 0 Å². The summed E-state index contributed by atoms with van der Waals surface area (Å²) in [5.41, 5.74) is 2.03. The minimum Gasteiger partial charge on any atom is -0.464 e. The average Bonchev–Trinajstić information content (AvgIpc) is 2.52. The fraction of sp³-hybridized carbons (Fsp3) is 0.286. The number of halogens is 3. The van der Waals surface area contributed by atoms with Gasteiger partial charge in [0.25, 0.3) is 10.1 Å². The van der Waals surface area contributed by atoms with Crippen molar-refractivity contribution < 1.29 is 26.6 Å². The Morgan fingerprint density at radius 3 is 2.64 bits per heavy atom. The number of hydroxylamine groups is 1. The molecule has 136 valence electrons. The summed E-state index contributed by atoms with van der Waals surface area (Å²) in [7, 11) is -2.71. The molecule has 0 saturated heterocycles. The number of nitrogens with one attached hydrogen (secondary N) is 1. The Kier molecular flexibility index (Phi) is 6.04. The van der Waals surface area contributed by atoms with E-state index in [1.807, 2.05) is 0 Å². The van der Waals surface area contributed by atoms with Crippen molar-refractivity contribution in [1.82, 2.24) is 5.48 Å². The van der Waals surface area contributed by atoms with Crippen LogP contribution in [0.25, 0.3) is 0 Å². The number of hydrogen-bond acceptors (Lipinski definition) is 7. The van der Waals surface area contributed by atoms with Crippen LogP contribution < -0.4 is 5.48 Å². The Balaban J connectivity index is 2.45. The van der Waals surface area contributed by atoms with E-state index in [1.165, 1.54) is 18.2 Å². The number of allylic oxidation sites excluding steroid dienone is 1. The molecule has 0 amide bonds.